The van der Waals surface area contributed by atoms with Gasteiger partial charge in [0, 0.05) is 31.9 Å². The number of hydrogen-bond donors (Lipinski definition) is 0. The van der Waals surface area contributed by atoms with Crippen molar-refractivity contribution in [2.45, 2.75) is 39.4 Å². The number of aryl methyl sites for hydroxylation is 1. The first-order valence-corrected chi connectivity index (χ1v) is 6.35. The van der Waals surface area contributed by atoms with Gasteiger partial charge in [0.1, 0.15) is 5.82 Å². The Bertz CT molecular complexity index is 409. The minimum atomic E-state index is -0.0142. The Morgan fingerprint density at radius 2 is 1.89 bits per heavy atom. The molecule has 1 fully saturated rings. The Kier molecular flexibility index (Phi) is 3.91. The zero-order valence-corrected chi connectivity index (χ0v) is 11.1. The van der Waals surface area contributed by atoms with Crippen molar-refractivity contribution in [3.8, 4) is 0 Å². The van der Waals surface area contributed by atoms with Gasteiger partial charge in [-0.2, -0.15) is 0 Å². The second kappa shape index (κ2) is 5.44. The Labute approximate surface area is 107 Å². The molecule has 0 saturated carbocycles. The molecule has 0 radical (unpaired) electrons. The van der Waals surface area contributed by atoms with E-state index < -0.39 is 0 Å². The number of amides is 1. The average molecular weight is 249 g/mol. The number of rotatable bonds is 2. The lowest BCUT2D eigenvalue weighted by atomic mass is 10.2. The van der Waals surface area contributed by atoms with Crippen LogP contribution in [-0.2, 0) is 11.2 Å². The fourth-order valence-corrected chi connectivity index (χ4v) is 2.17. The van der Waals surface area contributed by atoms with Crippen LogP contribution in [0.2, 0.25) is 0 Å². The van der Waals surface area contributed by atoms with Gasteiger partial charge in [0.05, 0.1) is 17.8 Å². The maximum atomic E-state index is 12.3. The van der Waals surface area contributed by atoms with Crippen LogP contribution < -0.4 is 0 Å². The van der Waals surface area contributed by atoms with E-state index in [0.717, 1.165) is 12.2 Å². The Morgan fingerprint density at radius 3 is 2.39 bits per heavy atom. The molecule has 98 valence electrons. The highest BCUT2D eigenvalue weighted by Crippen LogP contribution is 2.13. The number of carbonyl (C=O) groups excluding carboxylic acids is 1. The fourth-order valence-electron chi connectivity index (χ4n) is 2.17. The Morgan fingerprint density at radius 1 is 1.33 bits per heavy atom. The third-order valence-electron chi connectivity index (χ3n) is 2.98. The summed E-state index contributed by atoms with van der Waals surface area (Å²) in [5.74, 6) is 0.745. The summed E-state index contributed by atoms with van der Waals surface area (Å²) >= 11 is 0. The van der Waals surface area contributed by atoms with E-state index in [2.05, 4.69) is 9.97 Å². The topological polar surface area (TPSA) is 55.3 Å². The van der Waals surface area contributed by atoms with Gasteiger partial charge in [0.2, 0.25) is 0 Å². The number of morpholine rings is 1. The molecule has 18 heavy (non-hydrogen) atoms. The molecule has 0 unspecified atom stereocenters. The smallest absolute Gasteiger partial charge is 0.257 e. The molecule has 0 spiro atoms. The van der Waals surface area contributed by atoms with Gasteiger partial charge in [0.25, 0.3) is 5.91 Å². The predicted octanol–water partition coefficient (Wildman–Crippen LogP) is 1.29. The first-order valence-electron chi connectivity index (χ1n) is 6.35. The molecular weight excluding hydrogens is 230 g/mol. The maximum Gasteiger partial charge on any atom is 0.257 e. The largest absolute Gasteiger partial charge is 0.372 e. The van der Waals surface area contributed by atoms with E-state index >= 15 is 0 Å². The van der Waals surface area contributed by atoms with Crippen molar-refractivity contribution in [3.05, 3.63) is 23.8 Å². The lowest BCUT2D eigenvalue weighted by Crippen LogP contribution is -2.48. The molecule has 2 atom stereocenters. The first-order chi connectivity index (χ1) is 8.60. The minimum absolute atomic E-state index is 0.0142. The fraction of sp³-hybridized carbons (Fsp3) is 0.615. The summed E-state index contributed by atoms with van der Waals surface area (Å²) in [6.07, 6.45) is 4.15. The van der Waals surface area contributed by atoms with Gasteiger partial charge < -0.3 is 9.64 Å². The molecular formula is C13H19N3O2. The quantitative estimate of drug-likeness (QED) is 0.792. The molecule has 1 aromatic heterocycles. The summed E-state index contributed by atoms with van der Waals surface area (Å²) in [5, 5.41) is 0. The molecule has 5 nitrogen and oxygen atoms in total. The highest BCUT2D eigenvalue weighted by atomic mass is 16.5. The van der Waals surface area contributed by atoms with E-state index in [1.54, 1.807) is 12.4 Å². The van der Waals surface area contributed by atoms with Gasteiger partial charge in [0.15, 0.2) is 0 Å². The van der Waals surface area contributed by atoms with Crippen LogP contribution in [-0.4, -0.2) is 46.1 Å². The summed E-state index contributed by atoms with van der Waals surface area (Å²) in [7, 11) is 0. The van der Waals surface area contributed by atoms with Crippen LogP contribution in [0.3, 0.4) is 0 Å². The van der Waals surface area contributed by atoms with E-state index in [0.29, 0.717) is 18.7 Å². The summed E-state index contributed by atoms with van der Waals surface area (Å²) in [4.78, 5) is 22.4. The van der Waals surface area contributed by atoms with Crippen LogP contribution in [0.15, 0.2) is 12.4 Å². The van der Waals surface area contributed by atoms with E-state index in [4.69, 9.17) is 4.74 Å². The average Bonchev–Trinajstić information content (AvgIpc) is 2.37. The third-order valence-corrected chi connectivity index (χ3v) is 2.98. The van der Waals surface area contributed by atoms with Gasteiger partial charge in [-0.25, -0.2) is 9.97 Å². The van der Waals surface area contributed by atoms with E-state index in [-0.39, 0.29) is 18.1 Å². The monoisotopic (exact) mass is 249 g/mol. The number of ether oxygens (including phenoxy) is 1. The van der Waals surface area contributed by atoms with E-state index in [1.165, 1.54) is 0 Å². The third kappa shape index (κ3) is 2.85. The van der Waals surface area contributed by atoms with Crippen LogP contribution in [0.25, 0.3) is 0 Å². The van der Waals surface area contributed by atoms with E-state index in [9.17, 15) is 4.79 Å². The number of nitrogens with zero attached hydrogens (tertiary/aromatic N) is 3. The van der Waals surface area contributed by atoms with Gasteiger partial charge in [-0.3, -0.25) is 4.79 Å². The summed E-state index contributed by atoms with van der Waals surface area (Å²) in [6.45, 7) is 7.19. The highest BCUT2D eigenvalue weighted by Gasteiger charge is 2.26. The van der Waals surface area contributed by atoms with Crippen LogP contribution in [0.1, 0.15) is 37.0 Å². The lowest BCUT2D eigenvalue weighted by molar-refractivity contribution is -0.0586. The van der Waals surface area contributed by atoms with Crippen molar-refractivity contribution in [3.63, 3.8) is 0 Å². The predicted molar refractivity (Wildman–Crippen MR) is 67.3 cm³/mol. The number of hydrogen-bond acceptors (Lipinski definition) is 4. The molecule has 1 amide bonds. The van der Waals surface area contributed by atoms with Crippen LogP contribution in [0.4, 0.5) is 0 Å². The van der Waals surface area contributed by atoms with Crippen LogP contribution in [0, 0.1) is 0 Å². The molecule has 1 aliphatic heterocycles. The van der Waals surface area contributed by atoms with E-state index in [1.807, 2.05) is 25.7 Å². The van der Waals surface area contributed by atoms with Gasteiger partial charge in [-0.05, 0) is 13.8 Å². The molecule has 1 saturated heterocycles. The zero-order valence-electron chi connectivity index (χ0n) is 11.1. The molecule has 0 aromatic carbocycles. The lowest BCUT2D eigenvalue weighted by Gasteiger charge is -2.35. The van der Waals surface area contributed by atoms with Crippen molar-refractivity contribution < 1.29 is 9.53 Å². The number of carbonyl (C=O) groups is 1. The summed E-state index contributed by atoms with van der Waals surface area (Å²) in [5.41, 5.74) is 0.550. The maximum absolute atomic E-state index is 12.3. The zero-order chi connectivity index (χ0) is 13.1. The van der Waals surface area contributed by atoms with Crippen molar-refractivity contribution in [1.82, 2.24) is 14.9 Å². The molecule has 0 bridgehead atoms. The summed E-state index contributed by atoms with van der Waals surface area (Å²) < 4.78 is 5.61. The van der Waals surface area contributed by atoms with Crippen molar-refractivity contribution in [2.24, 2.45) is 0 Å². The standard InChI is InChI=1S/C13H19N3O2/c1-4-12-14-5-11(6-15-12)13(17)16-7-9(2)18-10(3)8-16/h5-6,9-10H,4,7-8H2,1-3H3/t9-,10+. The SMILES string of the molecule is CCc1ncc(C(=O)N2C[C@@H](C)O[C@@H](C)C2)cn1. The van der Waals surface area contributed by atoms with Gasteiger partial charge in [-0.15, -0.1) is 0 Å². The van der Waals surface area contributed by atoms with Crippen LogP contribution in [0.5, 0.6) is 0 Å². The van der Waals surface area contributed by atoms with Crippen LogP contribution >= 0.6 is 0 Å². The van der Waals surface area contributed by atoms with Crippen molar-refractivity contribution >= 4 is 5.91 Å². The van der Waals surface area contributed by atoms with Gasteiger partial charge in [-0.1, -0.05) is 6.92 Å². The second-order valence-electron chi connectivity index (χ2n) is 4.71. The second-order valence-corrected chi connectivity index (χ2v) is 4.71. The molecule has 2 heterocycles. The van der Waals surface area contributed by atoms with Gasteiger partial charge >= 0.3 is 0 Å². The molecule has 5 heteroatoms. The molecule has 1 aromatic rings. The van der Waals surface area contributed by atoms with Crippen molar-refractivity contribution in [2.75, 3.05) is 13.1 Å². The molecule has 1 aliphatic rings. The van der Waals surface area contributed by atoms with Crippen molar-refractivity contribution in [1.29, 1.82) is 0 Å². The molecule has 2 rings (SSSR count). The molecule has 0 aliphatic carbocycles. The number of aromatic nitrogens is 2. The Balaban J connectivity index is 2.09. The normalized spacial score (nSPS) is 24.1. The molecule has 0 N–H and O–H groups in total. The Hall–Kier alpha value is -1.49. The highest BCUT2D eigenvalue weighted by molar-refractivity contribution is 5.93. The minimum Gasteiger partial charge on any atom is -0.372 e. The first kappa shape index (κ1) is 13.0. The summed E-state index contributed by atoms with van der Waals surface area (Å²) in [6, 6.07) is 0.